The highest BCUT2D eigenvalue weighted by molar-refractivity contribution is 7.10. The Labute approximate surface area is 116 Å². The molecule has 2 N–H and O–H groups in total. The maximum Gasteiger partial charge on any atom is 0.127 e. The van der Waals surface area contributed by atoms with Crippen molar-refractivity contribution in [2.24, 2.45) is 5.73 Å². The van der Waals surface area contributed by atoms with E-state index in [-0.39, 0.29) is 12.4 Å². The van der Waals surface area contributed by atoms with E-state index < -0.39 is 0 Å². The molecule has 2 aromatic rings. The first-order chi connectivity index (χ1) is 9.26. The smallest absolute Gasteiger partial charge is 0.127 e. The lowest BCUT2D eigenvalue weighted by Gasteiger charge is -2.27. The van der Waals surface area contributed by atoms with Gasteiger partial charge in [0, 0.05) is 36.6 Å². The van der Waals surface area contributed by atoms with E-state index in [0.29, 0.717) is 5.56 Å². The Kier molecular flexibility index (Phi) is 3.64. The van der Waals surface area contributed by atoms with Crippen LogP contribution in [0.25, 0.3) is 0 Å². The lowest BCUT2D eigenvalue weighted by atomic mass is 10.1. The van der Waals surface area contributed by atoms with Gasteiger partial charge in [0.15, 0.2) is 0 Å². The van der Waals surface area contributed by atoms with Crippen molar-refractivity contribution in [1.82, 2.24) is 4.90 Å². The minimum absolute atomic E-state index is 0.204. The summed E-state index contributed by atoms with van der Waals surface area (Å²) in [6.45, 7) is 3.19. The van der Waals surface area contributed by atoms with Gasteiger partial charge in [0.2, 0.25) is 0 Å². The second-order valence-corrected chi connectivity index (χ2v) is 5.96. The molecule has 19 heavy (non-hydrogen) atoms. The Bertz CT molecular complexity index is 579. The average molecular weight is 276 g/mol. The SMILES string of the molecule is NCc1cc(CN2CCc3sccc3C2)ccc1F. The minimum atomic E-state index is -0.204. The van der Waals surface area contributed by atoms with Gasteiger partial charge in [0.05, 0.1) is 0 Å². The molecule has 100 valence electrons. The average Bonchev–Trinajstić information content (AvgIpc) is 2.88. The zero-order valence-corrected chi connectivity index (χ0v) is 11.5. The summed E-state index contributed by atoms with van der Waals surface area (Å²) in [6.07, 6.45) is 1.12. The van der Waals surface area contributed by atoms with Crippen LogP contribution in [0, 0.1) is 5.82 Å². The molecule has 4 heteroatoms. The first kappa shape index (κ1) is 12.8. The summed E-state index contributed by atoms with van der Waals surface area (Å²) in [5.41, 5.74) is 8.73. The Morgan fingerprint density at radius 2 is 2.21 bits per heavy atom. The number of benzene rings is 1. The van der Waals surface area contributed by atoms with Crippen LogP contribution in [0.2, 0.25) is 0 Å². The number of fused-ring (bicyclic) bond motifs is 1. The summed E-state index contributed by atoms with van der Waals surface area (Å²) >= 11 is 1.85. The van der Waals surface area contributed by atoms with Gasteiger partial charge in [-0.3, -0.25) is 4.90 Å². The highest BCUT2D eigenvalue weighted by Crippen LogP contribution is 2.25. The van der Waals surface area contributed by atoms with Crippen LogP contribution in [-0.2, 0) is 26.1 Å². The van der Waals surface area contributed by atoms with Crippen molar-refractivity contribution < 1.29 is 4.39 Å². The molecule has 2 nitrogen and oxygen atoms in total. The van der Waals surface area contributed by atoms with Gasteiger partial charge in [-0.1, -0.05) is 12.1 Å². The first-order valence-corrected chi connectivity index (χ1v) is 7.39. The minimum Gasteiger partial charge on any atom is -0.326 e. The summed E-state index contributed by atoms with van der Waals surface area (Å²) in [4.78, 5) is 3.92. The summed E-state index contributed by atoms with van der Waals surface area (Å²) < 4.78 is 13.4. The standard InChI is InChI=1S/C15H17FN2S/c16-14-2-1-11(7-13(14)8-17)9-18-5-3-15-12(10-18)4-6-19-15/h1-2,4,6-7H,3,5,8-10,17H2. The van der Waals surface area contributed by atoms with Crippen LogP contribution in [0.15, 0.2) is 29.6 Å². The predicted molar refractivity (Wildman–Crippen MR) is 76.4 cm³/mol. The Morgan fingerprint density at radius 1 is 1.32 bits per heavy atom. The number of hydrogen-bond donors (Lipinski definition) is 1. The molecule has 0 saturated carbocycles. The Hall–Kier alpha value is -1.23. The third-order valence-corrected chi connectivity index (χ3v) is 4.65. The van der Waals surface area contributed by atoms with Crippen LogP contribution in [-0.4, -0.2) is 11.4 Å². The van der Waals surface area contributed by atoms with Crippen molar-refractivity contribution in [1.29, 1.82) is 0 Å². The molecule has 2 heterocycles. The highest BCUT2D eigenvalue weighted by atomic mass is 32.1. The van der Waals surface area contributed by atoms with Gasteiger partial charge >= 0.3 is 0 Å². The van der Waals surface area contributed by atoms with E-state index in [1.54, 1.807) is 0 Å². The quantitative estimate of drug-likeness (QED) is 0.934. The number of hydrogen-bond acceptors (Lipinski definition) is 3. The molecule has 0 saturated heterocycles. The monoisotopic (exact) mass is 276 g/mol. The molecule has 0 spiro atoms. The summed E-state index contributed by atoms with van der Waals surface area (Å²) in [5, 5.41) is 2.17. The van der Waals surface area contributed by atoms with Gasteiger partial charge in [-0.25, -0.2) is 4.39 Å². The van der Waals surface area contributed by atoms with Gasteiger partial charge in [0.25, 0.3) is 0 Å². The number of nitrogens with two attached hydrogens (primary N) is 1. The van der Waals surface area contributed by atoms with Crippen molar-refractivity contribution >= 4 is 11.3 Å². The van der Waals surface area contributed by atoms with Gasteiger partial charge in [-0.2, -0.15) is 0 Å². The molecule has 0 unspecified atom stereocenters. The van der Waals surface area contributed by atoms with Crippen LogP contribution in [0.3, 0.4) is 0 Å². The molecule has 1 aliphatic rings. The van der Waals surface area contributed by atoms with Crippen LogP contribution < -0.4 is 5.73 Å². The molecule has 0 bridgehead atoms. The maximum atomic E-state index is 13.4. The van der Waals surface area contributed by atoms with E-state index in [1.807, 2.05) is 23.5 Å². The van der Waals surface area contributed by atoms with Gasteiger partial charge < -0.3 is 5.73 Å². The van der Waals surface area contributed by atoms with Crippen molar-refractivity contribution in [2.75, 3.05) is 6.54 Å². The fraction of sp³-hybridized carbons (Fsp3) is 0.333. The van der Waals surface area contributed by atoms with Crippen LogP contribution in [0.4, 0.5) is 4.39 Å². The van der Waals surface area contributed by atoms with E-state index >= 15 is 0 Å². The fourth-order valence-electron chi connectivity index (χ4n) is 2.58. The van der Waals surface area contributed by atoms with Crippen LogP contribution in [0.5, 0.6) is 0 Å². The van der Waals surface area contributed by atoms with Gasteiger partial charge in [-0.05, 0) is 35.1 Å². The summed E-state index contributed by atoms with van der Waals surface area (Å²) in [7, 11) is 0. The zero-order chi connectivity index (χ0) is 13.2. The van der Waals surface area contributed by atoms with Gasteiger partial charge in [-0.15, -0.1) is 11.3 Å². The van der Waals surface area contributed by atoms with Crippen molar-refractivity contribution in [3.05, 3.63) is 57.0 Å². The van der Waals surface area contributed by atoms with Gasteiger partial charge in [0.1, 0.15) is 5.82 Å². The van der Waals surface area contributed by atoms with Crippen LogP contribution >= 0.6 is 11.3 Å². The van der Waals surface area contributed by atoms with E-state index in [1.165, 1.54) is 16.5 Å². The highest BCUT2D eigenvalue weighted by Gasteiger charge is 2.17. The molecule has 3 rings (SSSR count). The number of halogens is 1. The summed E-state index contributed by atoms with van der Waals surface area (Å²) in [5.74, 6) is -0.204. The lowest BCUT2D eigenvalue weighted by molar-refractivity contribution is 0.247. The molecular weight excluding hydrogens is 259 g/mol. The molecule has 1 aromatic heterocycles. The van der Waals surface area contributed by atoms with Crippen LogP contribution in [0.1, 0.15) is 21.6 Å². The number of thiophene rings is 1. The van der Waals surface area contributed by atoms with Crippen molar-refractivity contribution in [2.45, 2.75) is 26.1 Å². The van der Waals surface area contributed by atoms with Crippen molar-refractivity contribution in [3.8, 4) is 0 Å². The normalized spacial score (nSPS) is 15.5. The van der Waals surface area contributed by atoms with E-state index in [4.69, 9.17) is 5.73 Å². The Balaban J connectivity index is 1.72. The largest absolute Gasteiger partial charge is 0.326 e. The third-order valence-electron chi connectivity index (χ3n) is 3.62. The van der Waals surface area contributed by atoms with Crippen molar-refractivity contribution in [3.63, 3.8) is 0 Å². The molecule has 0 radical (unpaired) electrons. The topological polar surface area (TPSA) is 29.3 Å². The second kappa shape index (κ2) is 5.41. The number of nitrogens with zero attached hydrogens (tertiary/aromatic N) is 1. The van der Waals surface area contributed by atoms with E-state index in [2.05, 4.69) is 16.3 Å². The molecule has 1 aromatic carbocycles. The fourth-order valence-corrected chi connectivity index (χ4v) is 3.47. The lowest BCUT2D eigenvalue weighted by Crippen LogP contribution is -2.29. The Morgan fingerprint density at radius 3 is 3.05 bits per heavy atom. The third kappa shape index (κ3) is 2.71. The molecule has 0 fully saturated rings. The van der Waals surface area contributed by atoms with E-state index in [9.17, 15) is 4.39 Å². The number of rotatable bonds is 3. The first-order valence-electron chi connectivity index (χ1n) is 6.51. The maximum absolute atomic E-state index is 13.4. The zero-order valence-electron chi connectivity index (χ0n) is 10.7. The van der Waals surface area contributed by atoms with E-state index in [0.717, 1.165) is 31.6 Å². The predicted octanol–water partition coefficient (Wildman–Crippen LogP) is 2.90. The molecule has 1 aliphatic heterocycles. The molecule has 0 amide bonds. The molecule has 0 aliphatic carbocycles. The molecular formula is C15H17FN2S. The molecule has 0 atom stereocenters. The second-order valence-electron chi connectivity index (χ2n) is 4.96. The summed E-state index contributed by atoms with van der Waals surface area (Å²) in [6, 6.07) is 7.48.